The summed E-state index contributed by atoms with van der Waals surface area (Å²) in [5.74, 6) is -2.54. The molecule has 136 valence electrons. The van der Waals surface area contributed by atoms with E-state index in [9.17, 15) is 19.2 Å². The molecule has 0 aromatic carbocycles. The molecule has 9 nitrogen and oxygen atoms in total. The Hall–Kier alpha value is -2.07. The van der Waals surface area contributed by atoms with Gasteiger partial charge in [0.1, 0.15) is 6.67 Å². The van der Waals surface area contributed by atoms with Gasteiger partial charge in [-0.05, 0) is 12.5 Å². The zero-order valence-corrected chi connectivity index (χ0v) is 14.9. The Morgan fingerprint density at radius 2 is 2.12 bits per heavy atom. The van der Waals surface area contributed by atoms with Crippen LogP contribution in [0.2, 0.25) is 0 Å². The third-order valence-electron chi connectivity index (χ3n) is 4.45. The Labute approximate surface area is 149 Å². The van der Waals surface area contributed by atoms with Crippen molar-refractivity contribution in [2.75, 3.05) is 26.3 Å². The van der Waals surface area contributed by atoms with Gasteiger partial charge in [0.25, 0.3) is 5.91 Å². The van der Waals surface area contributed by atoms with Crippen LogP contribution >= 0.6 is 11.8 Å². The molecule has 3 rings (SSSR count). The molecule has 3 heterocycles. The van der Waals surface area contributed by atoms with Gasteiger partial charge in [0, 0.05) is 24.4 Å². The third kappa shape index (κ3) is 3.36. The molecule has 2 unspecified atom stereocenters. The van der Waals surface area contributed by atoms with Gasteiger partial charge < -0.3 is 15.1 Å². The second-order valence-corrected chi connectivity index (χ2v) is 7.25. The molecule has 3 aliphatic rings. The van der Waals surface area contributed by atoms with Crippen LogP contribution in [0.15, 0.2) is 10.5 Å². The first kappa shape index (κ1) is 17.7. The molecule has 0 saturated carbocycles. The average Bonchev–Trinajstić information content (AvgIpc) is 3.14. The van der Waals surface area contributed by atoms with Crippen LogP contribution in [0.1, 0.15) is 20.3 Å². The monoisotopic (exact) mass is 368 g/mol. The molecule has 2 atom stereocenters. The highest BCUT2D eigenvalue weighted by Gasteiger charge is 2.45. The number of hydrogen-bond donors (Lipinski definition) is 2. The maximum atomic E-state index is 12.7. The number of fused-ring (bicyclic) bond motifs is 1. The van der Waals surface area contributed by atoms with Crippen molar-refractivity contribution in [3.8, 4) is 0 Å². The molecule has 0 bridgehead atoms. The van der Waals surface area contributed by atoms with E-state index in [1.165, 1.54) is 11.8 Å². The summed E-state index contributed by atoms with van der Waals surface area (Å²) in [6.07, 6.45) is 0.0250. The molecule has 0 spiro atoms. The van der Waals surface area contributed by atoms with E-state index in [2.05, 4.69) is 10.6 Å². The van der Waals surface area contributed by atoms with Crippen molar-refractivity contribution in [1.29, 1.82) is 0 Å². The number of ketones is 1. The lowest BCUT2D eigenvalue weighted by Crippen LogP contribution is -2.55. The van der Waals surface area contributed by atoms with Crippen LogP contribution in [0.3, 0.4) is 0 Å². The highest BCUT2D eigenvalue weighted by Crippen LogP contribution is 2.43. The standard InChI is InChI=1S/C15H20N4O5S/c1-3-9(20)14(22)24-19-7-17-12-11(13(19)21)8(2)10(25-12)6-18-5-4-16-15(18)23/h11-12,17H,3-7H2,1-2H3,(H,16,23). The summed E-state index contributed by atoms with van der Waals surface area (Å²) >= 11 is 1.52. The smallest absolute Gasteiger partial charge is 0.336 e. The second kappa shape index (κ2) is 7.04. The van der Waals surface area contributed by atoms with Crippen LogP contribution in [-0.2, 0) is 19.2 Å². The number of hydrogen-bond acceptors (Lipinski definition) is 7. The fourth-order valence-electron chi connectivity index (χ4n) is 2.96. The van der Waals surface area contributed by atoms with E-state index in [1.54, 1.807) is 11.8 Å². The maximum Gasteiger partial charge on any atom is 0.398 e. The number of nitrogens with zero attached hydrogens (tertiary/aromatic N) is 2. The number of carbonyl (C=O) groups excluding carboxylic acids is 4. The van der Waals surface area contributed by atoms with Crippen LogP contribution in [0.25, 0.3) is 0 Å². The predicted molar refractivity (Wildman–Crippen MR) is 88.8 cm³/mol. The maximum absolute atomic E-state index is 12.7. The summed E-state index contributed by atoms with van der Waals surface area (Å²) in [6.45, 7) is 5.14. The van der Waals surface area contributed by atoms with Crippen LogP contribution in [0.4, 0.5) is 4.79 Å². The van der Waals surface area contributed by atoms with Crippen molar-refractivity contribution >= 4 is 35.5 Å². The van der Waals surface area contributed by atoms with E-state index >= 15 is 0 Å². The normalized spacial score (nSPS) is 26.0. The van der Waals surface area contributed by atoms with Crippen molar-refractivity contribution in [2.24, 2.45) is 5.92 Å². The third-order valence-corrected chi connectivity index (χ3v) is 5.88. The van der Waals surface area contributed by atoms with E-state index in [4.69, 9.17) is 4.84 Å². The zero-order chi connectivity index (χ0) is 18.1. The van der Waals surface area contributed by atoms with E-state index in [1.807, 2.05) is 6.92 Å². The first-order valence-electron chi connectivity index (χ1n) is 8.11. The Balaban J connectivity index is 1.69. The second-order valence-electron chi connectivity index (χ2n) is 6.01. The number of rotatable bonds is 5. The van der Waals surface area contributed by atoms with Gasteiger partial charge >= 0.3 is 12.0 Å². The van der Waals surface area contributed by atoms with Gasteiger partial charge in [-0.25, -0.2) is 9.59 Å². The quantitative estimate of drug-likeness (QED) is 0.647. The number of carbonyl (C=O) groups is 4. The summed E-state index contributed by atoms with van der Waals surface area (Å²) in [4.78, 5) is 55.0. The number of Topliss-reactive ketones (excluding diaryl/α,β-unsaturated/α-hetero) is 1. The van der Waals surface area contributed by atoms with Crippen LogP contribution < -0.4 is 10.6 Å². The zero-order valence-electron chi connectivity index (χ0n) is 14.0. The van der Waals surface area contributed by atoms with E-state index in [0.29, 0.717) is 19.6 Å². The van der Waals surface area contributed by atoms with Gasteiger partial charge in [0.15, 0.2) is 0 Å². The van der Waals surface area contributed by atoms with Gasteiger partial charge in [-0.2, -0.15) is 5.06 Å². The molecule has 3 amide bonds. The number of nitrogens with one attached hydrogen (secondary N) is 2. The lowest BCUT2D eigenvalue weighted by atomic mass is 9.97. The fraction of sp³-hybridized carbons (Fsp3) is 0.600. The molecule has 0 aromatic heterocycles. The van der Waals surface area contributed by atoms with Crippen molar-refractivity contribution in [1.82, 2.24) is 20.6 Å². The van der Waals surface area contributed by atoms with Crippen molar-refractivity contribution in [3.05, 3.63) is 10.5 Å². The van der Waals surface area contributed by atoms with Gasteiger partial charge in [-0.1, -0.05) is 6.92 Å². The molecule has 0 aromatic rings. The van der Waals surface area contributed by atoms with E-state index in [-0.39, 0.29) is 30.4 Å². The van der Waals surface area contributed by atoms with Gasteiger partial charge in [0.2, 0.25) is 5.78 Å². The highest BCUT2D eigenvalue weighted by molar-refractivity contribution is 8.04. The summed E-state index contributed by atoms with van der Waals surface area (Å²) in [5.41, 5.74) is 0.856. The molecule has 3 aliphatic heterocycles. The van der Waals surface area contributed by atoms with E-state index < -0.39 is 17.7 Å². The molecule has 2 N–H and O–H groups in total. The SMILES string of the molecule is CCC(=O)C(=O)ON1CNC2SC(CN3CCNC3=O)=C(C)C2C1=O. The number of hydroxylamine groups is 2. The first-order valence-corrected chi connectivity index (χ1v) is 8.99. The minimum Gasteiger partial charge on any atom is -0.336 e. The fourth-order valence-corrected chi connectivity index (χ4v) is 4.43. The predicted octanol–water partition coefficient (Wildman–Crippen LogP) is -0.199. The molecule has 2 saturated heterocycles. The van der Waals surface area contributed by atoms with Crippen molar-refractivity contribution < 1.29 is 24.0 Å². The summed E-state index contributed by atoms with van der Waals surface area (Å²) in [6, 6.07) is -0.108. The van der Waals surface area contributed by atoms with Crippen molar-refractivity contribution in [3.63, 3.8) is 0 Å². The molecule has 2 fully saturated rings. The van der Waals surface area contributed by atoms with E-state index in [0.717, 1.165) is 15.5 Å². The summed E-state index contributed by atoms with van der Waals surface area (Å²) < 4.78 is 0. The summed E-state index contributed by atoms with van der Waals surface area (Å²) in [7, 11) is 0. The Morgan fingerprint density at radius 3 is 2.76 bits per heavy atom. The van der Waals surface area contributed by atoms with Gasteiger partial charge in [0.05, 0.1) is 17.8 Å². The minimum absolute atomic E-state index is 0.0250. The molecule has 25 heavy (non-hydrogen) atoms. The molecular formula is C15H20N4O5S. The lowest BCUT2D eigenvalue weighted by Gasteiger charge is -2.33. The Morgan fingerprint density at radius 1 is 1.36 bits per heavy atom. The number of urea groups is 1. The Bertz CT molecular complexity index is 664. The number of amides is 3. The largest absolute Gasteiger partial charge is 0.398 e. The Kier molecular flexibility index (Phi) is 5.00. The summed E-state index contributed by atoms with van der Waals surface area (Å²) in [5, 5.41) is 6.64. The van der Waals surface area contributed by atoms with Gasteiger partial charge in [-0.15, -0.1) is 11.8 Å². The molecule has 0 aliphatic carbocycles. The van der Waals surface area contributed by atoms with Crippen molar-refractivity contribution in [2.45, 2.75) is 25.6 Å². The highest BCUT2D eigenvalue weighted by atomic mass is 32.2. The van der Waals surface area contributed by atoms with Gasteiger partial charge in [-0.3, -0.25) is 14.9 Å². The minimum atomic E-state index is -1.03. The molecule has 0 radical (unpaired) electrons. The lowest BCUT2D eigenvalue weighted by molar-refractivity contribution is -0.205. The van der Waals surface area contributed by atoms with Crippen LogP contribution in [0.5, 0.6) is 0 Å². The first-order chi connectivity index (χ1) is 11.9. The molecular weight excluding hydrogens is 348 g/mol. The average molecular weight is 368 g/mol. The topological polar surface area (TPSA) is 108 Å². The van der Waals surface area contributed by atoms with Crippen LogP contribution in [0, 0.1) is 5.92 Å². The molecule has 10 heteroatoms. The van der Waals surface area contributed by atoms with Crippen LogP contribution in [-0.4, -0.2) is 65.3 Å². The number of thioether (sulfide) groups is 1.